The minimum Gasteiger partial charge on any atom is -0.299 e. The second kappa shape index (κ2) is 14.5. The van der Waals surface area contributed by atoms with Gasteiger partial charge in [-0.1, -0.05) is 66.7 Å². The van der Waals surface area contributed by atoms with Gasteiger partial charge in [-0.3, -0.25) is 9.80 Å². The van der Waals surface area contributed by atoms with E-state index in [-0.39, 0.29) is 30.6 Å². The molecule has 0 N–H and O–H groups in total. The van der Waals surface area contributed by atoms with E-state index in [1.165, 1.54) is 22.3 Å². The maximum Gasteiger partial charge on any atom is 0.178 e. The van der Waals surface area contributed by atoms with Gasteiger partial charge in [-0.05, 0) is 85.5 Å². The molecule has 4 nitrogen and oxygen atoms in total. The average Bonchev–Trinajstić information content (AvgIpc) is 3.11. The molecule has 2 aliphatic heterocycles. The largest absolute Gasteiger partial charge is 0.299 e. The number of nitrogens with zero attached hydrogens (tertiary/aromatic N) is 2. The van der Waals surface area contributed by atoms with Crippen molar-refractivity contribution in [3.8, 4) is 0 Å². The van der Waals surface area contributed by atoms with Crippen molar-refractivity contribution >= 4 is 34.7 Å². The fourth-order valence-electron chi connectivity index (χ4n) is 5.66. The summed E-state index contributed by atoms with van der Waals surface area (Å²) in [5.74, 6) is 0.758. The number of hydrogen-bond acceptors (Lipinski definition) is 4. The van der Waals surface area contributed by atoms with Gasteiger partial charge in [0.25, 0.3) is 0 Å². The first-order chi connectivity index (χ1) is 17.5. The molecule has 0 aromatic heterocycles. The number of likely N-dealkylation sites (tertiary alicyclic amines) is 1. The quantitative estimate of drug-likeness (QED) is 0.321. The molecule has 0 unspecified atom stereocenters. The van der Waals surface area contributed by atoms with E-state index in [1.807, 2.05) is 12.1 Å². The van der Waals surface area contributed by atoms with Crippen molar-refractivity contribution < 1.29 is 8.42 Å². The topological polar surface area (TPSA) is 40.6 Å². The van der Waals surface area contributed by atoms with E-state index in [1.54, 1.807) is 0 Å². The van der Waals surface area contributed by atoms with Crippen molar-refractivity contribution in [2.24, 2.45) is 5.92 Å². The van der Waals surface area contributed by atoms with Crippen molar-refractivity contribution in [1.29, 1.82) is 0 Å². The van der Waals surface area contributed by atoms with Crippen molar-refractivity contribution in [3.05, 3.63) is 101 Å². The van der Waals surface area contributed by atoms with Crippen LogP contribution in [0.15, 0.2) is 83.8 Å². The van der Waals surface area contributed by atoms with E-state index in [2.05, 4.69) is 76.5 Å². The number of sulfone groups is 1. The lowest BCUT2D eigenvalue weighted by Crippen LogP contribution is -2.33. The Labute approximate surface area is 241 Å². The first kappa shape index (κ1) is 30.6. The van der Waals surface area contributed by atoms with Gasteiger partial charge in [0.05, 0.1) is 10.6 Å². The van der Waals surface area contributed by atoms with Crippen LogP contribution >= 0.6 is 24.8 Å². The highest BCUT2D eigenvalue weighted by Crippen LogP contribution is 2.26. The summed E-state index contributed by atoms with van der Waals surface area (Å²) >= 11 is 0. The highest BCUT2D eigenvalue weighted by Gasteiger charge is 2.24. The van der Waals surface area contributed by atoms with Crippen LogP contribution in [0, 0.1) is 5.92 Å². The standard InChI is InChI=1S/C31H38N2O2S.2ClH/c34-36(35,22-17-26-13-18-32(19-14-26)24-27-7-3-1-4-8-27)31-12-11-29-15-20-33(21-16-30(29)23-31)25-28-9-5-2-6-10-28;;/h1-12,23,26H,13-22,24-25H2;2*1H. The van der Waals surface area contributed by atoms with Crippen LogP contribution in [-0.4, -0.2) is 50.1 Å². The van der Waals surface area contributed by atoms with Gasteiger partial charge in [-0.25, -0.2) is 8.42 Å². The normalized spacial score (nSPS) is 17.1. The lowest BCUT2D eigenvalue weighted by atomic mass is 9.94. The van der Waals surface area contributed by atoms with E-state index in [9.17, 15) is 8.42 Å². The number of fused-ring (bicyclic) bond motifs is 1. The van der Waals surface area contributed by atoms with E-state index in [0.717, 1.165) is 71.4 Å². The van der Waals surface area contributed by atoms with E-state index >= 15 is 0 Å². The number of halogens is 2. The molecule has 2 aliphatic rings. The number of benzene rings is 3. The third-order valence-corrected chi connectivity index (χ3v) is 9.68. The second-order valence-electron chi connectivity index (χ2n) is 10.5. The molecule has 38 heavy (non-hydrogen) atoms. The molecule has 2 heterocycles. The third-order valence-electron chi connectivity index (χ3n) is 7.93. The minimum absolute atomic E-state index is 0. The summed E-state index contributed by atoms with van der Waals surface area (Å²) in [7, 11) is -3.26. The van der Waals surface area contributed by atoms with Crippen LogP contribution in [-0.2, 0) is 35.8 Å². The molecular formula is C31H40Cl2N2O2S. The lowest BCUT2D eigenvalue weighted by molar-refractivity contribution is 0.175. The van der Waals surface area contributed by atoms with Crippen molar-refractivity contribution in [2.75, 3.05) is 31.9 Å². The molecule has 5 rings (SSSR count). The minimum atomic E-state index is -3.26. The first-order valence-corrected chi connectivity index (χ1v) is 15.1. The molecular weight excluding hydrogens is 535 g/mol. The predicted octanol–water partition coefficient (Wildman–Crippen LogP) is 6.21. The van der Waals surface area contributed by atoms with Gasteiger partial charge in [-0.2, -0.15) is 0 Å². The highest BCUT2D eigenvalue weighted by atomic mass is 35.5. The van der Waals surface area contributed by atoms with E-state index in [4.69, 9.17) is 0 Å². The Bertz CT molecular complexity index is 1230. The van der Waals surface area contributed by atoms with Gasteiger partial charge >= 0.3 is 0 Å². The number of hydrogen-bond donors (Lipinski definition) is 0. The number of piperidine rings is 1. The van der Waals surface area contributed by atoms with Gasteiger partial charge in [0.15, 0.2) is 9.84 Å². The molecule has 0 amide bonds. The Morgan fingerprint density at radius 3 is 1.76 bits per heavy atom. The van der Waals surface area contributed by atoms with Crippen molar-refractivity contribution in [3.63, 3.8) is 0 Å². The van der Waals surface area contributed by atoms with Gasteiger partial charge in [0.2, 0.25) is 0 Å². The van der Waals surface area contributed by atoms with Gasteiger partial charge in [0.1, 0.15) is 0 Å². The number of rotatable bonds is 8. The molecule has 206 valence electrons. The summed E-state index contributed by atoms with van der Waals surface area (Å²) in [6.45, 7) is 6.02. The fraction of sp³-hybridized carbons (Fsp3) is 0.419. The Morgan fingerprint density at radius 1 is 0.658 bits per heavy atom. The first-order valence-electron chi connectivity index (χ1n) is 13.4. The molecule has 1 fully saturated rings. The summed E-state index contributed by atoms with van der Waals surface area (Å²) in [5.41, 5.74) is 5.19. The zero-order valence-electron chi connectivity index (χ0n) is 22.0. The maximum absolute atomic E-state index is 13.2. The van der Waals surface area contributed by atoms with Crippen LogP contribution in [0.3, 0.4) is 0 Å². The summed E-state index contributed by atoms with van der Waals surface area (Å²) < 4.78 is 26.5. The smallest absolute Gasteiger partial charge is 0.178 e. The zero-order chi connectivity index (χ0) is 24.8. The molecule has 0 atom stereocenters. The molecule has 3 aromatic carbocycles. The van der Waals surface area contributed by atoms with Crippen molar-refractivity contribution in [1.82, 2.24) is 9.80 Å². The molecule has 0 bridgehead atoms. The molecule has 1 saturated heterocycles. The van der Waals surface area contributed by atoms with Gasteiger partial charge < -0.3 is 0 Å². The van der Waals surface area contributed by atoms with Gasteiger partial charge in [-0.15, -0.1) is 24.8 Å². The average molecular weight is 576 g/mol. The van der Waals surface area contributed by atoms with Crippen LogP contribution in [0.5, 0.6) is 0 Å². The van der Waals surface area contributed by atoms with Crippen LogP contribution < -0.4 is 0 Å². The Balaban J connectivity index is 0.00000200. The van der Waals surface area contributed by atoms with Gasteiger partial charge in [0, 0.05) is 26.2 Å². The molecule has 0 radical (unpaired) electrons. The van der Waals surface area contributed by atoms with Crippen LogP contribution in [0.1, 0.15) is 41.5 Å². The SMILES string of the molecule is Cl.Cl.O=S(=O)(CCC1CCN(Cc2ccccc2)CC1)c1ccc2c(c1)CCN(Cc1ccccc1)CC2. The highest BCUT2D eigenvalue weighted by molar-refractivity contribution is 7.91. The molecule has 3 aromatic rings. The predicted molar refractivity (Wildman–Crippen MR) is 161 cm³/mol. The van der Waals surface area contributed by atoms with Crippen molar-refractivity contribution in [2.45, 2.75) is 50.1 Å². The monoisotopic (exact) mass is 574 g/mol. The van der Waals surface area contributed by atoms with E-state index in [0.29, 0.717) is 10.8 Å². The van der Waals surface area contributed by atoms with Crippen LogP contribution in [0.2, 0.25) is 0 Å². The summed E-state index contributed by atoms with van der Waals surface area (Å²) in [4.78, 5) is 5.49. The second-order valence-corrected chi connectivity index (χ2v) is 12.6. The Kier molecular flexibility index (Phi) is 11.7. The summed E-state index contributed by atoms with van der Waals surface area (Å²) in [6.07, 6.45) is 4.83. The zero-order valence-corrected chi connectivity index (χ0v) is 24.5. The fourth-order valence-corrected chi connectivity index (χ4v) is 7.13. The molecule has 0 aliphatic carbocycles. The Morgan fingerprint density at radius 2 is 1.18 bits per heavy atom. The maximum atomic E-state index is 13.2. The van der Waals surface area contributed by atoms with E-state index < -0.39 is 9.84 Å². The Hall–Kier alpha value is -1.89. The molecule has 7 heteroatoms. The molecule has 0 spiro atoms. The lowest BCUT2D eigenvalue weighted by Gasteiger charge is -2.32. The van der Waals surface area contributed by atoms with Crippen LogP contribution in [0.25, 0.3) is 0 Å². The van der Waals surface area contributed by atoms with Crippen LogP contribution in [0.4, 0.5) is 0 Å². The summed E-state index contributed by atoms with van der Waals surface area (Å²) in [6, 6.07) is 27.1. The molecule has 0 saturated carbocycles. The summed E-state index contributed by atoms with van der Waals surface area (Å²) in [5, 5.41) is 0. The third kappa shape index (κ3) is 8.30.